The van der Waals surface area contributed by atoms with Crippen molar-refractivity contribution in [2.24, 2.45) is 5.73 Å². The Balaban J connectivity index is 3.01. The van der Waals surface area contributed by atoms with Crippen LogP contribution in [0.25, 0.3) is 0 Å². The second-order valence-electron chi connectivity index (χ2n) is 4.38. The number of carbonyl (C=O) groups excluding carboxylic acids is 1. The van der Waals surface area contributed by atoms with Crippen molar-refractivity contribution in [3.05, 3.63) is 35.4 Å². The molecule has 18 heavy (non-hydrogen) atoms. The molecule has 0 aliphatic heterocycles. The number of benzene rings is 1. The van der Waals surface area contributed by atoms with Gasteiger partial charge >= 0.3 is 5.97 Å². The van der Waals surface area contributed by atoms with Gasteiger partial charge in [0.1, 0.15) is 0 Å². The zero-order valence-corrected chi connectivity index (χ0v) is 11.2. The normalized spacial score (nSPS) is 14.0. The van der Waals surface area contributed by atoms with Gasteiger partial charge in [0.15, 0.2) is 0 Å². The second kappa shape index (κ2) is 7.13. The summed E-state index contributed by atoms with van der Waals surface area (Å²) < 4.78 is 9.90. The minimum absolute atomic E-state index is 0.0520. The third-order valence-corrected chi connectivity index (χ3v) is 3.00. The summed E-state index contributed by atoms with van der Waals surface area (Å²) in [5.74, 6) is -0.298. The highest BCUT2D eigenvalue weighted by Crippen LogP contribution is 2.26. The lowest BCUT2D eigenvalue weighted by Gasteiger charge is -2.22. The lowest BCUT2D eigenvalue weighted by atomic mass is 9.87. The van der Waals surface area contributed by atoms with Gasteiger partial charge in [-0.1, -0.05) is 24.3 Å². The maximum atomic E-state index is 11.5. The van der Waals surface area contributed by atoms with Gasteiger partial charge in [-0.3, -0.25) is 4.79 Å². The van der Waals surface area contributed by atoms with Crippen LogP contribution < -0.4 is 5.73 Å². The summed E-state index contributed by atoms with van der Waals surface area (Å²) in [5.41, 5.74) is 8.10. The first-order chi connectivity index (χ1) is 8.60. The van der Waals surface area contributed by atoms with Crippen LogP contribution in [0.5, 0.6) is 0 Å². The van der Waals surface area contributed by atoms with E-state index >= 15 is 0 Å². The minimum Gasteiger partial charge on any atom is -0.469 e. The molecule has 0 saturated heterocycles. The van der Waals surface area contributed by atoms with Crippen molar-refractivity contribution in [3.63, 3.8) is 0 Å². The van der Waals surface area contributed by atoms with E-state index in [-0.39, 0.29) is 24.3 Å². The van der Waals surface area contributed by atoms with E-state index in [1.807, 2.05) is 31.2 Å². The highest BCUT2D eigenvalue weighted by molar-refractivity contribution is 5.70. The molecule has 2 unspecified atom stereocenters. The van der Waals surface area contributed by atoms with Crippen LogP contribution in [0.4, 0.5) is 0 Å². The van der Waals surface area contributed by atoms with Gasteiger partial charge in [0.25, 0.3) is 0 Å². The number of ether oxygens (including phenoxy) is 2. The number of esters is 1. The highest BCUT2D eigenvalue weighted by atomic mass is 16.5. The third-order valence-electron chi connectivity index (χ3n) is 3.00. The topological polar surface area (TPSA) is 61.5 Å². The standard InChI is InChI=1S/C14H21NO3/c1-10(15)13(8-14(16)18-3)12-7-5-4-6-11(12)9-17-2/h4-7,10,13H,8-9,15H2,1-3H3. The van der Waals surface area contributed by atoms with Crippen LogP contribution in [0, 0.1) is 0 Å². The monoisotopic (exact) mass is 251 g/mol. The second-order valence-corrected chi connectivity index (χ2v) is 4.38. The fraction of sp³-hybridized carbons (Fsp3) is 0.500. The quantitative estimate of drug-likeness (QED) is 0.783. The molecule has 1 aromatic rings. The van der Waals surface area contributed by atoms with E-state index in [0.717, 1.165) is 11.1 Å². The summed E-state index contributed by atoms with van der Waals surface area (Å²) in [5, 5.41) is 0. The van der Waals surface area contributed by atoms with Crippen LogP contribution in [-0.2, 0) is 20.9 Å². The van der Waals surface area contributed by atoms with Crippen LogP contribution in [-0.4, -0.2) is 26.2 Å². The molecule has 4 nitrogen and oxygen atoms in total. The molecule has 1 aromatic carbocycles. The molecule has 0 heterocycles. The Labute approximate surface area is 108 Å². The van der Waals surface area contributed by atoms with E-state index in [1.54, 1.807) is 7.11 Å². The van der Waals surface area contributed by atoms with Gasteiger partial charge in [0.2, 0.25) is 0 Å². The minimum atomic E-state index is -0.246. The highest BCUT2D eigenvalue weighted by Gasteiger charge is 2.22. The molecule has 2 atom stereocenters. The maximum absolute atomic E-state index is 11.5. The summed E-state index contributed by atoms with van der Waals surface area (Å²) in [6, 6.07) is 7.76. The molecule has 100 valence electrons. The van der Waals surface area contributed by atoms with Gasteiger partial charge in [-0.2, -0.15) is 0 Å². The van der Waals surface area contributed by atoms with E-state index < -0.39 is 0 Å². The number of methoxy groups -OCH3 is 2. The van der Waals surface area contributed by atoms with Crippen LogP contribution in [0.1, 0.15) is 30.4 Å². The van der Waals surface area contributed by atoms with E-state index in [9.17, 15) is 4.79 Å². The van der Waals surface area contributed by atoms with Crippen molar-refractivity contribution >= 4 is 5.97 Å². The fourth-order valence-corrected chi connectivity index (χ4v) is 2.02. The lowest BCUT2D eigenvalue weighted by molar-refractivity contribution is -0.141. The van der Waals surface area contributed by atoms with Gasteiger partial charge in [0, 0.05) is 19.1 Å². The predicted molar refractivity (Wildman–Crippen MR) is 70.2 cm³/mol. The Morgan fingerprint density at radius 2 is 2.00 bits per heavy atom. The largest absolute Gasteiger partial charge is 0.469 e. The Hall–Kier alpha value is -1.39. The molecule has 0 radical (unpaired) electrons. The summed E-state index contributed by atoms with van der Waals surface area (Å²) >= 11 is 0. The Bertz CT molecular complexity index is 390. The van der Waals surface area contributed by atoms with Crippen molar-refractivity contribution < 1.29 is 14.3 Å². The van der Waals surface area contributed by atoms with E-state index in [0.29, 0.717) is 6.61 Å². The summed E-state index contributed by atoms with van der Waals surface area (Å²) in [6.07, 6.45) is 0.287. The van der Waals surface area contributed by atoms with Crippen LogP contribution in [0.15, 0.2) is 24.3 Å². The van der Waals surface area contributed by atoms with E-state index in [1.165, 1.54) is 7.11 Å². The van der Waals surface area contributed by atoms with Crippen molar-refractivity contribution in [1.29, 1.82) is 0 Å². The van der Waals surface area contributed by atoms with Gasteiger partial charge < -0.3 is 15.2 Å². The Morgan fingerprint density at radius 1 is 1.33 bits per heavy atom. The fourth-order valence-electron chi connectivity index (χ4n) is 2.02. The van der Waals surface area contributed by atoms with Crippen LogP contribution >= 0.6 is 0 Å². The number of hydrogen-bond acceptors (Lipinski definition) is 4. The number of carbonyl (C=O) groups is 1. The van der Waals surface area contributed by atoms with Crippen LogP contribution in [0.3, 0.4) is 0 Å². The van der Waals surface area contributed by atoms with Gasteiger partial charge in [0.05, 0.1) is 20.1 Å². The molecule has 2 N–H and O–H groups in total. The molecule has 1 rings (SSSR count). The molecule has 0 aliphatic rings. The van der Waals surface area contributed by atoms with E-state index in [4.69, 9.17) is 15.2 Å². The molecular weight excluding hydrogens is 230 g/mol. The maximum Gasteiger partial charge on any atom is 0.306 e. The summed E-state index contributed by atoms with van der Waals surface area (Å²) in [7, 11) is 3.04. The zero-order valence-electron chi connectivity index (χ0n) is 11.2. The average Bonchev–Trinajstić information content (AvgIpc) is 2.36. The predicted octanol–water partition coefficient (Wildman–Crippen LogP) is 1.83. The van der Waals surface area contributed by atoms with E-state index in [2.05, 4.69) is 0 Å². The molecule has 0 saturated carbocycles. The SMILES string of the molecule is COCc1ccccc1C(CC(=O)OC)C(C)N. The Morgan fingerprint density at radius 3 is 2.56 bits per heavy atom. The molecule has 0 aliphatic carbocycles. The first kappa shape index (κ1) is 14.7. The van der Waals surface area contributed by atoms with Gasteiger partial charge in [-0.25, -0.2) is 0 Å². The summed E-state index contributed by atoms with van der Waals surface area (Å²) in [4.78, 5) is 11.5. The third kappa shape index (κ3) is 3.82. The van der Waals surface area contributed by atoms with Crippen molar-refractivity contribution in [2.45, 2.75) is 31.9 Å². The first-order valence-electron chi connectivity index (χ1n) is 5.99. The first-order valence-corrected chi connectivity index (χ1v) is 5.99. The molecular formula is C14H21NO3. The molecule has 4 heteroatoms. The van der Waals surface area contributed by atoms with Crippen molar-refractivity contribution in [1.82, 2.24) is 0 Å². The summed E-state index contributed by atoms with van der Waals surface area (Å²) in [6.45, 7) is 2.41. The number of nitrogens with two attached hydrogens (primary N) is 1. The van der Waals surface area contributed by atoms with Gasteiger partial charge in [-0.15, -0.1) is 0 Å². The van der Waals surface area contributed by atoms with Crippen molar-refractivity contribution in [2.75, 3.05) is 14.2 Å². The molecule has 0 bridgehead atoms. The number of rotatable bonds is 6. The van der Waals surface area contributed by atoms with Crippen molar-refractivity contribution in [3.8, 4) is 0 Å². The molecule has 0 spiro atoms. The molecule has 0 amide bonds. The number of hydrogen-bond donors (Lipinski definition) is 1. The van der Waals surface area contributed by atoms with Crippen LogP contribution in [0.2, 0.25) is 0 Å². The molecule has 0 fully saturated rings. The van der Waals surface area contributed by atoms with Gasteiger partial charge in [-0.05, 0) is 18.1 Å². The smallest absolute Gasteiger partial charge is 0.306 e. The Kier molecular flexibility index (Phi) is 5.82. The zero-order chi connectivity index (χ0) is 13.5. The lowest BCUT2D eigenvalue weighted by Crippen LogP contribution is -2.28. The molecule has 0 aromatic heterocycles. The average molecular weight is 251 g/mol.